The maximum atomic E-state index is 5.66. The van der Waals surface area contributed by atoms with E-state index in [1.54, 1.807) is 12.1 Å². The Labute approximate surface area is 94.1 Å². The average Bonchev–Trinajstić information content (AvgIpc) is 2.22. The zero-order valence-electron chi connectivity index (χ0n) is 9.27. The number of aromatic nitrogens is 2. The van der Waals surface area contributed by atoms with Crippen LogP contribution in [0.2, 0.25) is 0 Å². The maximum Gasteiger partial charge on any atom is 0.222 e. The van der Waals surface area contributed by atoms with Crippen molar-refractivity contribution in [1.82, 2.24) is 9.97 Å². The quantitative estimate of drug-likeness (QED) is 0.782. The number of nitrogens with zero attached hydrogens (tertiary/aromatic N) is 2. The monoisotopic (exact) mass is 215 g/mol. The molecule has 1 heterocycles. The lowest BCUT2D eigenvalue weighted by Crippen LogP contribution is -1.93. The van der Waals surface area contributed by atoms with E-state index in [9.17, 15) is 0 Å². The first-order chi connectivity index (χ1) is 7.65. The lowest BCUT2D eigenvalue weighted by molar-refractivity contribution is 0.457. The summed E-state index contributed by atoms with van der Waals surface area (Å²) < 4.78 is 5.64. The highest BCUT2D eigenvalue weighted by atomic mass is 16.5. The van der Waals surface area contributed by atoms with E-state index in [0.717, 1.165) is 22.7 Å². The average molecular weight is 215 g/mol. The van der Waals surface area contributed by atoms with E-state index in [1.807, 2.05) is 26.0 Å². The van der Waals surface area contributed by atoms with E-state index in [-0.39, 0.29) is 0 Å². The summed E-state index contributed by atoms with van der Waals surface area (Å²) in [7, 11) is 0. The lowest BCUT2D eigenvalue weighted by Gasteiger charge is -2.08. The Hall–Kier alpha value is -2.10. The molecule has 0 fully saturated rings. The zero-order valence-corrected chi connectivity index (χ0v) is 9.27. The molecule has 0 amide bonds. The molecular weight excluding hydrogens is 202 g/mol. The van der Waals surface area contributed by atoms with E-state index in [1.165, 1.54) is 6.33 Å². The van der Waals surface area contributed by atoms with E-state index in [2.05, 4.69) is 9.97 Å². The molecule has 0 saturated carbocycles. The molecule has 1 aromatic carbocycles. The molecule has 4 heteroatoms. The van der Waals surface area contributed by atoms with Gasteiger partial charge >= 0.3 is 0 Å². The van der Waals surface area contributed by atoms with Crippen molar-refractivity contribution in [3.63, 3.8) is 0 Å². The topological polar surface area (TPSA) is 61.0 Å². The van der Waals surface area contributed by atoms with Gasteiger partial charge in [-0.25, -0.2) is 9.97 Å². The van der Waals surface area contributed by atoms with Crippen LogP contribution in [0.15, 0.2) is 30.6 Å². The van der Waals surface area contributed by atoms with Crippen LogP contribution in [0, 0.1) is 13.8 Å². The van der Waals surface area contributed by atoms with Crippen LogP contribution in [-0.2, 0) is 0 Å². The molecule has 0 saturated heterocycles. The molecule has 2 rings (SSSR count). The summed E-state index contributed by atoms with van der Waals surface area (Å²) in [5.74, 6) is 1.30. The second-order valence-corrected chi connectivity index (χ2v) is 3.62. The molecule has 16 heavy (non-hydrogen) atoms. The molecule has 2 N–H and O–H groups in total. The SMILES string of the molecule is Cc1cc(Oc2ccc(N)cc2C)ncn1. The summed E-state index contributed by atoms with van der Waals surface area (Å²) in [5, 5.41) is 0. The Morgan fingerprint density at radius 2 is 1.94 bits per heavy atom. The van der Waals surface area contributed by atoms with Crippen LogP contribution in [0.5, 0.6) is 11.6 Å². The molecule has 0 spiro atoms. The number of ether oxygens (including phenoxy) is 1. The van der Waals surface area contributed by atoms with Crippen LogP contribution in [0.1, 0.15) is 11.3 Å². The van der Waals surface area contributed by atoms with Gasteiger partial charge in [-0.2, -0.15) is 0 Å². The number of nitrogens with two attached hydrogens (primary N) is 1. The fourth-order valence-corrected chi connectivity index (χ4v) is 1.39. The van der Waals surface area contributed by atoms with Crippen molar-refractivity contribution in [3.05, 3.63) is 41.9 Å². The third-order valence-corrected chi connectivity index (χ3v) is 2.19. The Kier molecular flexibility index (Phi) is 2.72. The third kappa shape index (κ3) is 2.28. The minimum atomic E-state index is 0.542. The lowest BCUT2D eigenvalue weighted by atomic mass is 10.2. The van der Waals surface area contributed by atoms with Gasteiger partial charge in [-0.05, 0) is 37.6 Å². The molecule has 0 bridgehead atoms. The molecule has 82 valence electrons. The van der Waals surface area contributed by atoms with Crippen molar-refractivity contribution in [1.29, 1.82) is 0 Å². The normalized spacial score (nSPS) is 10.1. The van der Waals surface area contributed by atoms with Gasteiger partial charge in [-0.1, -0.05) is 0 Å². The van der Waals surface area contributed by atoms with Crippen LogP contribution in [0.3, 0.4) is 0 Å². The first-order valence-electron chi connectivity index (χ1n) is 4.98. The van der Waals surface area contributed by atoms with Gasteiger partial charge in [0.1, 0.15) is 12.1 Å². The third-order valence-electron chi connectivity index (χ3n) is 2.19. The van der Waals surface area contributed by atoms with Crippen LogP contribution < -0.4 is 10.5 Å². The minimum absolute atomic E-state index is 0.542. The Bertz CT molecular complexity index is 511. The number of nitrogen functional groups attached to an aromatic ring is 1. The van der Waals surface area contributed by atoms with Crippen molar-refractivity contribution in [3.8, 4) is 11.6 Å². The largest absolute Gasteiger partial charge is 0.439 e. The summed E-state index contributed by atoms with van der Waals surface area (Å²) in [4.78, 5) is 8.04. The van der Waals surface area contributed by atoms with E-state index in [4.69, 9.17) is 10.5 Å². The first kappa shape index (κ1) is 10.4. The molecule has 0 aliphatic rings. The van der Waals surface area contributed by atoms with Crippen LogP contribution in [-0.4, -0.2) is 9.97 Å². The van der Waals surface area contributed by atoms with Gasteiger partial charge in [0.25, 0.3) is 0 Å². The number of aryl methyl sites for hydroxylation is 2. The summed E-state index contributed by atoms with van der Waals surface area (Å²) >= 11 is 0. The first-order valence-corrected chi connectivity index (χ1v) is 4.98. The predicted octanol–water partition coefficient (Wildman–Crippen LogP) is 2.47. The Morgan fingerprint density at radius 1 is 1.12 bits per heavy atom. The molecule has 0 aliphatic heterocycles. The summed E-state index contributed by atoms with van der Waals surface area (Å²) in [6, 6.07) is 7.29. The van der Waals surface area contributed by atoms with Gasteiger partial charge in [0, 0.05) is 17.4 Å². The van der Waals surface area contributed by atoms with E-state index < -0.39 is 0 Å². The van der Waals surface area contributed by atoms with Crippen molar-refractivity contribution >= 4 is 5.69 Å². The minimum Gasteiger partial charge on any atom is -0.439 e. The number of hydrogen-bond acceptors (Lipinski definition) is 4. The number of benzene rings is 1. The van der Waals surface area contributed by atoms with Crippen LogP contribution in [0.25, 0.3) is 0 Å². The maximum absolute atomic E-state index is 5.66. The highest BCUT2D eigenvalue weighted by Crippen LogP contribution is 2.24. The predicted molar refractivity (Wildman–Crippen MR) is 62.4 cm³/mol. The van der Waals surface area contributed by atoms with Gasteiger partial charge < -0.3 is 10.5 Å². The second kappa shape index (κ2) is 4.18. The summed E-state index contributed by atoms with van der Waals surface area (Å²) in [6.07, 6.45) is 1.48. The molecule has 2 aromatic rings. The van der Waals surface area contributed by atoms with Gasteiger partial charge in [0.2, 0.25) is 5.88 Å². The zero-order chi connectivity index (χ0) is 11.5. The van der Waals surface area contributed by atoms with Gasteiger partial charge in [0.05, 0.1) is 0 Å². The van der Waals surface area contributed by atoms with Crippen molar-refractivity contribution in [2.75, 3.05) is 5.73 Å². The molecule has 0 atom stereocenters. The molecule has 0 aliphatic carbocycles. The second-order valence-electron chi connectivity index (χ2n) is 3.62. The highest BCUT2D eigenvalue weighted by molar-refractivity contribution is 5.48. The highest BCUT2D eigenvalue weighted by Gasteiger charge is 2.03. The van der Waals surface area contributed by atoms with Crippen molar-refractivity contribution in [2.45, 2.75) is 13.8 Å². The molecule has 1 aromatic heterocycles. The van der Waals surface area contributed by atoms with Crippen molar-refractivity contribution in [2.24, 2.45) is 0 Å². The number of hydrogen-bond donors (Lipinski definition) is 1. The smallest absolute Gasteiger partial charge is 0.222 e. The van der Waals surface area contributed by atoms with E-state index in [0.29, 0.717) is 5.88 Å². The standard InChI is InChI=1S/C12H13N3O/c1-8-5-10(13)3-4-11(8)16-12-6-9(2)14-7-15-12/h3-7H,13H2,1-2H3. The van der Waals surface area contributed by atoms with Gasteiger partial charge in [-0.3, -0.25) is 0 Å². The van der Waals surface area contributed by atoms with Gasteiger partial charge in [0.15, 0.2) is 0 Å². The Balaban J connectivity index is 2.27. The van der Waals surface area contributed by atoms with Crippen molar-refractivity contribution < 1.29 is 4.74 Å². The molecular formula is C12H13N3O. The van der Waals surface area contributed by atoms with Gasteiger partial charge in [-0.15, -0.1) is 0 Å². The number of rotatable bonds is 2. The van der Waals surface area contributed by atoms with Crippen LogP contribution in [0.4, 0.5) is 5.69 Å². The summed E-state index contributed by atoms with van der Waals surface area (Å²) in [5.41, 5.74) is 8.25. The summed E-state index contributed by atoms with van der Waals surface area (Å²) in [6.45, 7) is 3.84. The number of anilines is 1. The molecule has 0 unspecified atom stereocenters. The van der Waals surface area contributed by atoms with E-state index >= 15 is 0 Å². The molecule has 0 radical (unpaired) electrons. The fourth-order valence-electron chi connectivity index (χ4n) is 1.39. The molecule has 4 nitrogen and oxygen atoms in total. The Morgan fingerprint density at radius 3 is 2.62 bits per heavy atom. The van der Waals surface area contributed by atoms with Crippen LogP contribution >= 0.6 is 0 Å². The fraction of sp³-hybridized carbons (Fsp3) is 0.167.